The van der Waals surface area contributed by atoms with E-state index >= 15 is 0 Å². The molecule has 0 fully saturated rings. The molecule has 6 heteroatoms. The highest BCUT2D eigenvalue weighted by Gasteiger charge is 2.16. The van der Waals surface area contributed by atoms with Crippen molar-refractivity contribution in [3.8, 4) is 17.2 Å². The lowest BCUT2D eigenvalue weighted by Gasteiger charge is -2.18. The lowest BCUT2D eigenvalue weighted by atomic mass is 10.2. The molecule has 0 spiro atoms. The van der Waals surface area contributed by atoms with E-state index in [0.29, 0.717) is 28.6 Å². The molecular weight excluding hydrogens is 284 g/mol. The molecular formula is C16H14N2O4. The summed E-state index contributed by atoms with van der Waals surface area (Å²) in [5, 5.41) is 5.40. The summed E-state index contributed by atoms with van der Waals surface area (Å²) in [5.41, 5.74) is 1.33. The van der Waals surface area contributed by atoms with E-state index in [9.17, 15) is 9.59 Å². The van der Waals surface area contributed by atoms with Gasteiger partial charge in [-0.05, 0) is 36.4 Å². The summed E-state index contributed by atoms with van der Waals surface area (Å²) in [6, 6.07) is 12.2. The number of hydrogen-bond donors (Lipinski definition) is 2. The van der Waals surface area contributed by atoms with Crippen LogP contribution in [0.25, 0.3) is 0 Å². The van der Waals surface area contributed by atoms with Gasteiger partial charge in [0.2, 0.25) is 5.91 Å². The van der Waals surface area contributed by atoms with Gasteiger partial charge in [0.15, 0.2) is 6.61 Å². The van der Waals surface area contributed by atoms with Crippen LogP contribution in [0.4, 0.5) is 11.4 Å². The van der Waals surface area contributed by atoms with Crippen molar-refractivity contribution in [1.29, 1.82) is 0 Å². The lowest BCUT2D eigenvalue weighted by molar-refractivity contribution is -0.118. The summed E-state index contributed by atoms with van der Waals surface area (Å²) in [6.45, 7) is 1.46. The minimum atomic E-state index is -0.172. The van der Waals surface area contributed by atoms with Crippen LogP contribution in [0.3, 0.4) is 0 Å². The number of ether oxygens (including phenoxy) is 2. The number of hydrogen-bond acceptors (Lipinski definition) is 4. The number of rotatable bonds is 3. The number of amides is 2. The summed E-state index contributed by atoms with van der Waals surface area (Å²) in [4.78, 5) is 22.2. The van der Waals surface area contributed by atoms with Crippen LogP contribution < -0.4 is 20.1 Å². The van der Waals surface area contributed by atoms with Crippen LogP contribution in [0.2, 0.25) is 0 Å². The number of carbonyl (C=O) groups is 2. The Balaban J connectivity index is 1.73. The minimum Gasteiger partial charge on any atom is -0.481 e. The molecule has 0 saturated heterocycles. The molecule has 0 aromatic heterocycles. The van der Waals surface area contributed by atoms with Crippen molar-refractivity contribution in [2.45, 2.75) is 6.92 Å². The first-order valence-corrected chi connectivity index (χ1v) is 6.72. The third kappa shape index (κ3) is 3.17. The maximum Gasteiger partial charge on any atom is 0.262 e. The Kier molecular flexibility index (Phi) is 3.65. The largest absolute Gasteiger partial charge is 0.481 e. The van der Waals surface area contributed by atoms with Gasteiger partial charge in [-0.2, -0.15) is 0 Å². The van der Waals surface area contributed by atoms with E-state index in [4.69, 9.17) is 9.47 Å². The molecule has 1 aliphatic rings. The molecule has 1 aliphatic heterocycles. The monoisotopic (exact) mass is 298 g/mol. The van der Waals surface area contributed by atoms with Gasteiger partial charge in [-0.25, -0.2) is 0 Å². The highest BCUT2D eigenvalue weighted by atomic mass is 16.5. The average molecular weight is 298 g/mol. The third-order valence-corrected chi connectivity index (χ3v) is 3.00. The molecule has 0 aliphatic carbocycles. The van der Waals surface area contributed by atoms with Crippen molar-refractivity contribution >= 4 is 23.2 Å². The molecule has 1 heterocycles. The molecule has 0 atom stereocenters. The minimum absolute atomic E-state index is 0.00185. The maximum absolute atomic E-state index is 11.2. The van der Waals surface area contributed by atoms with E-state index in [-0.39, 0.29) is 18.4 Å². The van der Waals surface area contributed by atoms with Gasteiger partial charge in [-0.1, -0.05) is 0 Å². The fourth-order valence-electron chi connectivity index (χ4n) is 2.06. The smallest absolute Gasteiger partial charge is 0.262 e. The van der Waals surface area contributed by atoms with Crippen molar-refractivity contribution in [3.63, 3.8) is 0 Å². The summed E-state index contributed by atoms with van der Waals surface area (Å²) in [6.07, 6.45) is 0. The highest BCUT2D eigenvalue weighted by molar-refractivity contribution is 5.95. The maximum atomic E-state index is 11.2. The molecule has 2 amide bonds. The quantitative estimate of drug-likeness (QED) is 0.913. The molecule has 2 aromatic rings. The Morgan fingerprint density at radius 2 is 1.91 bits per heavy atom. The summed E-state index contributed by atoms with van der Waals surface area (Å²) >= 11 is 0. The van der Waals surface area contributed by atoms with Gasteiger partial charge in [-0.15, -0.1) is 0 Å². The Hall–Kier alpha value is -3.02. The highest BCUT2D eigenvalue weighted by Crippen LogP contribution is 2.33. The number of nitrogens with one attached hydrogen (secondary N) is 2. The van der Waals surface area contributed by atoms with Crippen molar-refractivity contribution in [3.05, 3.63) is 42.5 Å². The SMILES string of the molecule is CC(=O)Nc1ccc(Oc2ccc3c(c2)OCC(=O)N3)cc1. The van der Waals surface area contributed by atoms with E-state index in [1.807, 2.05) is 0 Å². The normalized spacial score (nSPS) is 12.7. The van der Waals surface area contributed by atoms with Gasteiger partial charge in [0.25, 0.3) is 5.91 Å². The standard InChI is InChI=1S/C16H14N2O4/c1-10(19)17-11-2-4-12(5-3-11)22-13-6-7-14-15(8-13)21-9-16(20)18-14/h2-8H,9H2,1H3,(H,17,19)(H,18,20). The van der Waals surface area contributed by atoms with Crippen LogP contribution in [-0.2, 0) is 9.59 Å². The van der Waals surface area contributed by atoms with Gasteiger partial charge in [0, 0.05) is 18.7 Å². The van der Waals surface area contributed by atoms with Crippen molar-refractivity contribution in [2.24, 2.45) is 0 Å². The van der Waals surface area contributed by atoms with Crippen LogP contribution in [0.1, 0.15) is 6.92 Å². The van der Waals surface area contributed by atoms with Gasteiger partial charge >= 0.3 is 0 Å². The fourth-order valence-corrected chi connectivity index (χ4v) is 2.06. The molecule has 112 valence electrons. The Morgan fingerprint density at radius 1 is 1.18 bits per heavy atom. The van der Waals surface area contributed by atoms with E-state index in [0.717, 1.165) is 0 Å². The summed E-state index contributed by atoms with van der Waals surface area (Å²) < 4.78 is 11.1. The zero-order valence-electron chi connectivity index (χ0n) is 11.9. The molecule has 2 aromatic carbocycles. The van der Waals surface area contributed by atoms with E-state index < -0.39 is 0 Å². The van der Waals surface area contributed by atoms with Gasteiger partial charge < -0.3 is 20.1 Å². The number of benzene rings is 2. The number of carbonyl (C=O) groups excluding carboxylic acids is 2. The Labute approximate surface area is 127 Å². The number of anilines is 2. The second-order valence-electron chi connectivity index (χ2n) is 4.80. The predicted octanol–water partition coefficient (Wildman–Crippen LogP) is 2.77. The second kappa shape index (κ2) is 5.77. The molecule has 0 bridgehead atoms. The molecule has 3 rings (SSSR count). The van der Waals surface area contributed by atoms with Gasteiger partial charge in [0.1, 0.15) is 17.2 Å². The van der Waals surface area contributed by atoms with E-state index in [1.165, 1.54) is 6.92 Å². The predicted molar refractivity (Wildman–Crippen MR) is 81.4 cm³/mol. The summed E-state index contributed by atoms with van der Waals surface area (Å²) in [5.74, 6) is 1.51. The average Bonchev–Trinajstić information content (AvgIpc) is 2.49. The molecule has 2 N–H and O–H groups in total. The first-order chi connectivity index (χ1) is 10.6. The Bertz CT molecular complexity index is 725. The molecule has 22 heavy (non-hydrogen) atoms. The van der Waals surface area contributed by atoms with E-state index in [2.05, 4.69) is 10.6 Å². The van der Waals surface area contributed by atoms with Crippen LogP contribution in [-0.4, -0.2) is 18.4 Å². The molecule has 0 radical (unpaired) electrons. The van der Waals surface area contributed by atoms with Crippen LogP contribution in [0.5, 0.6) is 17.2 Å². The first-order valence-electron chi connectivity index (χ1n) is 6.72. The van der Waals surface area contributed by atoms with Gasteiger partial charge in [-0.3, -0.25) is 9.59 Å². The van der Waals surface area contributed by atoms with Crippen molar-refractivity contribution < 1.29 is 19.1 Å². The van der Waals surface area contributed by atoms with Crippen LogP contribution in [0.15, 0.2) is 42.5 Å². The van der Waals surface area contributed by atoms with Gasteiger partial charge in [0.05, 0.1) is 5.69 Å². The fraction of sp³-hybridized carbons (Fsp3) is 0.125. The molecule has 0 unspecified atom stereocenters. The second-order valence-corrected chi connectivity index (χ2v) is 4.80. The zero-order chi connectivity index (χ0) is 15.5. The molecule has 6 nitrogen and oxygen atoms in total. The van der Waals surface area contributed by atoms with E-state index in [1.54, 1.807) is 42.5 Å². The Morgan fingerprint density at radius 3 is 2.64 bits per heavy atom. The first kappa shape index (κ1) is 13.9. The number of fused-ring (bicyclic) bond motifs is 1. The van der Waals surface area contributed by atoms with Crippen LogP contribution in [0, 0.1) is 0 Å². The molecule has 0 saturated carbocycles. The van der Waals surface area contributed by atoms with Crippen molar-refractivity contribution in [2.75, 3.05) is 17.2 Å². The summed E-state index contributed by atoms with van der Waals surface area (Å²) in [7, 11) is 0. The van der Waals surface area contributed by atoms with Crippen molar-refractivity contribution in [1.82, 2.24) is 0 Å². The third-order valence-electron chi connectivity index (χ3n) is 3.00. The van der Waals surface area contributed by atoms with Crippen LogP contribution >= 0.6 is 0 Å². The lowest BCUT2D eigenvalue weighted by Crippen LogP contribution is -2.25. The zero-order valence-corrected chi connectivity index (χ0v) is 11.9. The topological polar surface area (TPSA) is 76.7 Å².